The summed E-state index contributed by atoms with van der Waals surface area (Å²) >= 11 is 23.6. The molecule has 7 aromatic heterocycles. The highest BCUT2D eigenvalue weighted by Gasteiger charge is 2.17. The van der Waals surface area contributed by atoms with Gasteiger partial charge in [0.25, 0.3) is 5.91 Å². The molecule has 402 valence electrons. The largest absolute Gasteiger partial charge is 0.462 e. The Hall–Kier alpha value is -7.96. The van der Waals surface area contributed by atoms with Crippen molar-refractivity contribution < 1.29 is 23.9 Å². The number of anilines is 1. The van der Waals surface area contributed by atoms with E-state index in [0.717, 1.165) is 71.9 Å². The Bertz CT molecular complexity index is 3740. The van der Waals surface area contributed by atoms with Gasteiger partial charge in [-0.3, -0.25) is 34.2 Å². The van der Waals surface area contributed by atoms with E-state index in [9.17, 15) is 14.4 Å². The van der Waals surface area contributed by atoms with Crippen LogP contribution in [0.4, 0.5) is 5.82 Å². The maximum atomic E-state index is 12.8. The van der Waals surface area contributed by atoms with Gasteiger partial charge in [0.2, 0.25) is 0 Å². The molecule has 0 unspecified atom stereocenters. The number of esters is 2. The summed E-state index contributed by atoms with van der Waals surface area (Å²) in [7, 11) is 0. The number of rotatable bonds is 12. The van der Waals surface area contributed by atoms with Crippen LogP contribution >= 0.6 is 46.4 Å². The van der Waals surface area contributed by atoms with Crippen molar-refractivity contribution in [2.75, 3.05) is 18.9 Å². The average Bonchev–Trinajstić information content (AvgIpc) is 4.12. The number of nitrogens with two attached hydrogens (primary N) is 1. The van der Waals surface area contributed by atoms with Crippen LogP contribution in [0.3, 0.4) is 0 Å². The normalized spacial score (nSPS) is 10.8. The Labute approximate surface area is 470 Å². The van der Waals surface area contributed by atoms with Crippen LogP contribution in [0.1, 0.15) is 95.5 Å². The lowest BCUT2D eigenvalue weighted by Crippen LogP contribution is -2.24. The predicted molar refractivity (Wildman–Crippen MR) is 306 cm³/mol. The van der Waals surface area contributed by atoms with Crippen LogP contribution in [0, 0.1) is 34.6 Å². The highest BCUT2D eigenvalue weighted by Crippen LogP contribution is 2.23. The number of fused-ring (bicyclic) bond motifs is 3. The highest BCUT2D eigenvalue weighted by molar-refractivity contribution is 6.31. The van der Waals surface area contributed by atoms with E-state index in [1.807, 2.05) is 99.6 Å². The Balaban J connectivity index is 0.000000164. The number of aryl methyl sites for hydroxylation is 5. The molecule has 7 heterocycles. The summed E-state index contributed by atoms with van der Waals surface area (Å²) in [6, 6.07) is 25.3. The van der Waals surface area contributed by atoms with Crippen molar-refractivity contribution in [2.24, 2.45) is 0 Å². The van der Waals surface area contributed by atoms with Gasteiger partial charge in [-0.05, 0) is 137 Å². The van der Waals surface area contributed by atoms with Crippen LogP contribution in [-0.4, -0.2) is 80.8 Å². The van der Waals surface area contributed by atoms with Crippen molar-refractivity contribution in [1.29, 1.82) is 0 Å². The zero-order valence-electron chi connectivity index (χ0n) is 43.9. The molecule has 3 aromatic carbocycles. The SMILES string of the molecule is CCOC(=O)c1cn(Cc2ccc3ncc(Cl)cc3c2)nc1C.CCOC(=O)c1cn[nH]c1C.Cc1cc(N)nc(C)c1CNC(=O)c1cn(Cc2ccc3ncc(Cl)cc3c2)nc1C.ClCc1ccc2ncc(Cl)cc2c1. The van der Waals surface area contributed by atoms with Gasteiger partial charge in [-0.2, -0.15) is 15.3 Å². The topological polar surface area (TPSA) is 224 Å². The Kier molecular flexibility index (Phi) is 19.9. The van der Waals surface area contributed by atoms with Gasteiger partial charge in [-0.15, -0.1) is 11.6 Å². The van der Waals surface area contributed by atoms with E-state index in [4.69, 9.17) is 61.6 Å². The summed E-state index contributed by atoms with van der Waals surface area (Å²) in [5.41, 5.74) is 18.1. The summed E-state index contributed by atoms with van der Waals surface area (Å²) in [4.78, 5) is 52.7. The fourth-order valence-corrected chi connectivity index (χ4v) is 8.80. The lowest BCUT2D eigenvalue weighted by Gasteiger charge is -2.11. The maximum absolute atomic E-state index is 12.8. The van der Waals surface area contributed by atoms with Crippen molar-refractivity contribution in [3.8, 4) is 0 Å². The van der Waals surface area contributed by atoms with Gasteiger partial charge in [0.1, 0.15) is 16.9 Å². The second-order valence-corrected chi connectivity index (χ2v) is 19.4. The van der Waals surface area contributed by atoms with E-state index < -0.39 is 0 Å². The number of hydrogen-bond acceptors (Lipinski definition) is 13. The zero-order valence-corrected chi connectivity index (χ0v) is 46.9. The van der Waals surface area contributed by atoms with E-state index in [2.05, 4.69) is 45.6 Å². The zero-order chi connectivity index (χ0) is 56.0. The summed E-state index contributed by atoms with van der Waals surface area (Å²) in [5, 5.41) is 23.0. The van der Waals surface area contributed by atoms with Gasteiger partial charge >= 0.3 is 11.9 Å². The summed E-state index contributed by atoms with van der Waals surface area (Å²) < 4.78 is 13.3. The van der Waals surface area contributed by atoms with E-state index in [0.29, 0.717) is 87.7 Å². The molecule has 0 spiro atoms. The maximum Gasteiger partial charge on any atom is 0.341 e. The molecule has 10 aromatic rings. The van der Waals surface area contributed by atoms with E-state index >= 15 is 0 Å². The molecular weight excluding hydrogens is 1070 g/mol. The van der Waals surface area contributed by atoms with Crippen LogP contribution < -0.4 is 11.1 Å². The van der Waals surface area contributed by atoms with Gasteiger partial charge in [0.15, 0.2) is 0 Å². The quantitative estimate of drug-likeness (QED) is 0.0766. The number of hydrogen-bond donors (Lipinski definition) is 3. The number of halogens is 4. The number of aromatic amines is 1. The molecular formula is C57H56Cl4N12O5. The number of nitrogens with one attached hydrogen (secondary N) is 2. The third-order valence-corrected chi connectivity index (χ3v) is 12.9. The molecule has 17 nitrogen and oxygen atoms in total. The fourth-order valence-electron chi connectivity index (χ4n) is 8.13. The molecule has 1 amide bonds. The molecule has 0 aliphatic heterocycles. The smallest absolute Gasteiger partial charge is 0.341 e. The number of H-pyrrole nitrogens is 1. The molecule has 21 heteroatoms. The summed E-state index contributed by atoms with van der Waals surface area (Å²) in [5.74, 6) is 0.162. The number of amides is 1. The molecule has 0 bridgehead atoms. The minimum absolute atomic E-state index is 0.172. The molecule has 4 N–H and O–H groups in total. The van der Waals surface area contributed by atoms with Gasteiger partial charge < -0.3 is 20.5 Å². The number of benzene rings is 3. The molecule has 0 radical (unpaired) electrons. The lowest BCUT2D eigenvalue weighted by molar-refractivity contribution is 0.0515. The number of pyridine rings is 4. The first-order valence-corrected chi connectivity index (χ1v) is 26.2. The van der Waals surface area contributed by atoms with Crippen LogP contribution in [0.5, 0.6) is 0 Å². The van der Waals surface area contributed by atoms with Crippen molar-refractivity contribution in [1.82, 2.24) is 55.0 Å². The summed E-state index contributed by atoms with van der Waals surface area (Å²) in [6.45, 7) is 15.0. The third kappa shape index (κ3) is 15.4. The van der Waals surface area contributed by atoms with Gasteiger partial charge in [-0.25, -0.2) is 14.6 Å². The molecule has 0 aliphatic rings. The van der Waals surface area contributed by atoms with Crippen molar-refractivity contribution in [3.63, 3.8) is 0 Å². The highest BCUT2D eigenvalue weighted by atomic mass is 35.5. The number of alkyl halides is 1. The monoisotopic (exact) mass is 1130 g/mol. The molecule has 10 rings (SSSR count). The predicted octanol–water partition coefficient (Wildman–Crippen LogP) is 12.1. The molecule has 78 heavy (non-hydrogen) atoms. The van der Waals surface area contributed by atoms with Gasteiger partial charge in [-0.1, -0.05) is 53.0 Å². The van der Waals surface area contributed by atoms with E-state index in [-0.39, 0.29) is 17.8 Å². The Morgan fingerprint density at radius 1 is 0.603 bits per heavy atom. The second kappa shape index (κ2) is 26.9. The number of aromatic nitrogens is 10. The van der Waals surface area contributed by atoms with Crippen molar-refractivity contribution in [2.45, 2.75) is 74.0 Å². The first kappa shape index (κ1) is 57.7. The fraction of sp³-hybridized carbons (Fsp3) is 0.228. The van der Waals surface area contributed by atoms with Gasteiger partial charge in [0.05, 0.1) is 81.1 Å². The number of carbonyl (C=O) groups excluding carboxylic acids is 3. The van der Waals surface area contributed by atoms with Crippen LogP contribution in [0.15, 0.2) is 116 Å². The molecule has 0 aliphatic carbocycles. The molecule has 0 atom stereocenters. The first-order chi connectivity index (χ1) is 37.4. The third-order valence-electron chi connectivity index (χ3n) is 11.9. The Morgan fingerprint density at radius 2 is 1.06 bits per heavy atom. The minimum atomic E-state index is -0.342. The number of nitrogens with zero attached hydrogens (tertiary/aromatic N) is 9. The number of carbonyl (C=O) groups is 3. The van der Waals surface area contributed by atoms with E-state index in [1.165, 1.54) is 6.20 Å². The van der Waals surface area contributed by atoms with Crippen LogP contribution in [-0.2, 0) is 35.0 Å². The molecule has 0 saturated carbocycles. The Morgan fingerprint density at radius 3 is 1.53 bits per heavy atom. The van der Waals surface area contributed by atoms with E-state index in [1.54, 1.807) is 68.0 Å². The lowest BCUT2D eigenvalue weighted by atomic mass is 10.1. The average molecular weight is 1130 g/mol. The first-order valence-electron chi connectivity index (χ1n) is 24.5. The number of ether oxygens (including phenoxy) is 2. The molecule has 0 saturated heterocycles. The van der Waals surface area contributed by atoms with Crippen molar-refractivity contribution >= 4 is 103 Å². The second-order valence-electron chi connectivity index (χ2n) is 17.8. The van der Waals surface area contributed by atoms with Crippen molar-refractivity contribution in [3.05, 3.63) is 198 Å². The standard InChI is InChI=1S/C23H23ClN6O.C17H16ClN3O2.C10H7Cl2N.C7H10N2O2/c1-13-6-22(25)28-14(2)19(13)10-27-23(31)20-12-30(29-15(20)3)11-16-4-5-21-17(7-16)8-18(24)9-26-21;1-3-23-17(22)15-10-21(20-11(15)2)9-12-4-5-16-13(6-12)7-14(18)8-19-16;11-5-7-1-2-10-8(3-7)4-9(12)6-13-10;1-3-11-7(10)6-4-8-9-5(6)2/h4-9,12H,10-11H2,1-3H3,(H2,25,28)(H,27,31);4-8,10H,3,9H2,1-2H3;1-4,6H,5H2;4H,3H2,1-2H3,(H,8,9). The van der Waals surface area contributed by atoms with Crippen LogP contribution in [0.2, 0.25) is 15.1 Å². The molecule has 0 fully saturated rings. The van der Waals surface area contributed by atoms with Gasteiger partial charge in [0, 0.05) is 71.0 Å². The summed E-state index contributed by atoms with van der Waals surface area (Å²) in [6.07, 6.45) is 9.86. The number of nitrogen functional groups attached to an aromatic ring is 1. The minimum Gasteiger partial charge on any atom is -0.462 e. The van der Waals surface area contributed by atoms with Crippen LogP contribution in [0.25, 0.3) is 32.7 Å².